The second kappa shape index (κ2) is 3.02. The molecule has 0 spiro atoms. The van der Waals surface area contributed by atoms with Crippen molar-refractivity contribution in [2.24, 2.45) is 0 Å². The number of amides is 1. The van der Waals surface area contributed by atoms with E-state index in [-0.39, 0.29) is 0 Å². The molecule has 0 radical (unpaired) electrons. The third-order valence-electron chi connectivity index (χ3n) is 2.95. The number of carbonyl (C=O) groups is 1. The second-order valence-electron chi connectivity index (χ2n) is 3.97. The molecule has 0 saturated carbocycles. The van der Waals surface area contributed by atoms with E-state index >= 15 is 0 Å². The van der Waals surface area contributed by atoms with Crippen LogP contribution in [0.3, 0.4) is 0 Å². The zero-order valence-corrected chi connectivity index (χ0v) is 8.05. The first-order chi connectivity index (χ1) is 6.18. The number of carbonyl (C=O) groups excluding carboxylic acids is 1. The largest absolute Gasteiger partial charge is 0.335 e. The van der Waals surface area contributed by atoms with E-state index in [9.17, 15) is 4.79 Å². The smallest absolute Gasteiger partial charge is 0.225 e. The van der Waals surface area contributed by atoms with Gasteiger partial charge in [-0.2, -0.15) is 0 Å². The summed E-state index contributed by atoms with van der Waals surface area (Å²) in [5.74, 6) is 0.305. The van der Waals surface area contributed by atoms with Crippen LogP contribution in [0.4, 0.5) is 0 Å². The Morgan fingerprint density at radius 1 is 1.69 bits per heavy atom. The van der Waals surface area contributed by atoms with Gasteiger partial charge in [-0.25, -0.2) is 0 Å². The van der Waals surface area contributed by atoms with E-state index in [0.29, 0.717) is 11.9 Å². The predicted octanol–water partition coefficient (Wildman–Crippen LogP) is 1.88. The van der Waals surface area contributed by atoms with Crippen molar-refractivity contribution >= 4 is 5.91 Å². The van der Waals surface area contributed by atoms with Crippen LogP contribution in [-0.2, 0) is 4.79 Å². The van der Waals surface area contributed by atoms with E-state index in [2.05, 4.69) is 12.7 Å². The van der Waals surface area contributed by atoms with Crippen LogP contribution < -0.4 is 0 Å². The van der Waals surface area contributed by atoms with Crippen molar-refractivity contribution in [1.29, 1.82) is 0 Å². The minimum Gasteiger partial charge on any atom is -0.335 e. The van der Waals surface area contributed by atoms with Gasteiger partial charge in [0.2, 0.25) is 5.91 Å². The van der Waals surface area contributed by atoms with E-state index in [4.69, 9.17) is 0 Å². The molecule has 1 saturated heterocycles. The van der Waals surface area contributed by atoms with Crippen LogP contribution >= 0.6 is 0 Å². The first-order valence-electron chi connectivity index (χ1n) is 4.83. The third-order valence-corrected chi connectivity index (χ3v) is 2.95. The van der Waals surface area contributed by atoms with Crippen LogP contribution in [0.5, 0.6) is 0 Å². The quantitative estimate of drug-likeness (QED) is 0.560. The van der Waals surface area contributed by atoms with Crippen LogP contribution in [-0.4, -0.2) is 23.4 Å². The molecule has 1 fully saturated rings. The molecular weight excluding hydrogens is 162 g/mol. The fourth-order valence-corrected chi connectivity index (χ4v) is 2.00. The van der Waals surface area contributed by atoms with Crippen LogP contribution in [0.25, 0.3) is 0 Å². The normalized spacial score (nSPS) is 27.2. The summed E-state index contributed by atoms with van der Waals surface area (Å²) < 4.78 is 0. The van der Waals surface area contributed by atoms with E-state index in [1.165, 1.54) is 5.57 Å². The first kappa shape index (κ1) is 8.54. The van der Waals surface area contributed by atoms with Crippen molar-refractivity contribution in [3.05, 3.63) is 23.8 Å². The Labute approximate surface area is 78.9 Å². The Hall–Kier alpha value is -1.05. The van der Waals surface area contributed by atoms with Gasteiger partial charge in [0.15, 0.2) is 0 Å². The van der Waals surface area contributed by atoms with Gasteiger partial charge in [0.1, 0.15) is 0 Å². The van der Waals surface area contributed by atoms with Gasteiger partial charge in [0.25, 0.3) is 0 Å². The second-order valence-corrected chi connectivity index (χ2v) is 3.97. The van der Waals surface area contributed by atoms with Gasteiger partial charge in [-0.3, -0.25) is 4.79 Å². The fraction of sp³-hybridized carbons (Fsp3) is 0.545. The number of fused-ring (bicyclic) bond motifs is 1. The number of rotatable bonds is 1. The van der Waals surface area contributed by atoms with Gasteiger partial charge in [-0.1, -0.05) is 18.2 Å². The highest BCUT2D eigenvalue weighted by atomic mass is 16.2. The highest BCUT2D eigenvalue weighted by Gasteiger charge is 2.36. The summed E-state index contributed by atoms with van der Waals surface area (Å²) in [4.78, 5) is 13.2. The molecule has 70 valence electrons. The molecule has 2 aliphatic heterocycles. The number of nitrogens with zero attached hydrogens (tertiary/aromatic N) is 1. The molecule has 0 N–H and O–H groups in total. The number of allylic oxidation sites excluding steroid dienone is 1. The first-order valence-corrected chi connectivity index (χ1v) is 4.83. The Balaban J connectivity index is 2.12. The van der Waals surface area contributed by atoms with Crippen LogP contribution in [0, 0.1) is 0 Å². The zero-order chi connectivity index (χ0) is 9.42. The lowest BCUT2D eigenvalue weighted by atomic mass is 9.98. The van der Waals surface area contributed by atoms with Crippen molar-refractivity contribution in [1.82, 2.24) is 4.90 Å². The highest BCUT2D eigenvalue weighted by Crippen LogP contribution is 2.29. The molecule has 2 heterocycles. The molecular formula is C11H15NO. The summed E-state index contributed by atoms with van der Waals surface area (Å²) in [5.41, 5.74) is 2.34. The van der Waals surface area contributed by atoms with Crippen molar-refractivity contribution < 1.29 is 4.79 Å². The molecule has 2 nitrogen and oxygen atoms in total. The van der Waals surface area contributed by atoms with Gasteiger partial charge in [0, 0.05) is 19.0 Å². The maximum Gasteiger partial charge on any atom is 0.225 e. The maximum atomic E-state index is 11.3. The summed E-state index contributed by atoms with van der Waals surface area (Å²) in [7, 11) is 0. The number of hydrogen-bond donors (Lipinski definition) is 0. The summed E-state index contributed by atoms with van der Waals surface area (Å²) in [6.45, 7) is 6.72. The van der Waals surface area contributed by atoms with Crippen LogP contribution in [0.15, 0.2) is 23.8 Å². The highest BCUT2D eigenvalue weighted by molar-refractivity contribution is 5.83. The van der Waals surface area contributed by atoms with Gasteiger partial charge in [-0.05, 0) is 25.3 Å². The van der Waals surface area contributed by atoms with Gasteiger partial charge >= 0.3 is 0 Å². The topological polar surface area (TPSA) is 20.3 Å². The van der Waals surface area contributed by atoms with Gasteiger partial charge in [-0.15, -0.1) is 0 Å². The summed E-state index contributed by atoms with van der Waals surface area (Å²) in [6, 6.07) is 0.514. The minimum atomic E-state index is 0.305. The van der Waals surface area contributed by atoms with E-state index in [1.54, 1.807) is 0 Å². The SMILES string of the molecule is C=C(C)C1=CCCC2CC(=O)N2C1. The van der Waals surface area contributed by atoms with Crippen LogP contribution in [0.2, 0.25) is 0 Å². The molecule has 2 rings (SSSR count). The summed E-state index contributed by atoms with van der Waals surface area (Å²) in [6.07, 6.45) is 5.21. The molecule has 0 bridgehead atoms. The van der Waals surface area contributed by atoms with E-state index in [0.717, 1.165) is 31.4 Å². The molecule has 1 unspecified atom stereocenters. The third kappa shape index (κ3) is 1.41. The van der Waals surface area contributed by atoms with Crippen molar-refractivity contribution in [2.75, 3.05) is 6.54 Å². The van der Waals surface area contributed by atoms with Gasteiger partial charge < -0.3 is 4.90 Å². The monoisotopic (exact) mass is 177 g/mol. The standard InChI is InChI=1S/C11H15NO/c1-8(2)9-4-3-5-10-6-11(13)12(10)7-9/h4,10H,1,3,5-7H2,2H3. The lowest BCUT2D eigenvalue weighted by Gasteiger charge is -2.39. The van der Waals surface area contributed by atoms with Crippen LogP contribution in [0.1, 0.15) is 26.2 Å². The molecule has 0 aromatic heterocycles. The lowest BCUT2D eigenvalue weighted by molar-refractivity contribution is -0.145. The Morgan fingerprint density at radius 3 is 3.08 bits per heavy atom. The maximum absolute atomic E-state index is 11.3. The molecule has 2 heteroatoms. The van der Waals surface area contributed by atoms with E-state index in [1.807, 2.05) is 11.8 Å². The predicted molar refractivity (Wildman–Crippen MR) is 52.2 cm³/mol. The molecule has 13 heavy (non-hydrogen) atoms. The Bertz CT molecular complexity index is 290. The molecule has 0 aromatic rings. The Morgan fingerprint density at radius 2 is 2.46 bits per heavy atom. The minimum absolute atomic E-state index is 0.305. The van der Waals surface area contributed by atoms with Gasteiger partial charge in [0.05, 0.1) is 0 Å². The number of hydrogen-bond acceptors (Lipinski definition) is 1. The average Bonchev–Trinajstić information content (AvgIpc) is 2.23. The fourth-order valence-electron chi connectivity index (χ4n) is 2.00. The molecule has 2 aliphatic rings. The average molecular weight is 177 g/mol. The number of β-lactam (4-membered cyclic amide) rings is 1. The summed E-state index contributed by atoms with van der Waals surface area (Å²) in [5, 5.41) is 0. The lowest BCUT2D eigenvalue weighted by Crippen LogP contribution is -2.52. The van der Waals surface area contributed by atoms with E-state index < -0.39 is 0 Å². The molecule has 0 aromatic carbocycles. The van der Waals surface area contributed by atoms with Crippen molar-refractivity contribution in [2.45, 2.75) is 32.2 Å². The molecule has 0 aliphatic carbocycles. The Kier molecular flexibility index (Phi) is 1.98. The molecule has 1 atom stereocenters. The van der Waals surface area contributed by atoms with Crippen molar-refractivity contribution in [3.63, 3.8) is 0 Å². The summed E-state index contributed by atoms with van der Waals surface area (Å²) >= 11 is 0. The van der Waals surface area contributed by atoms with Crippen molar-refractivity contribution in [3.8, 4) is 0 Å². The molecule has 1 amide bonds. The zero-order valence-electron chi connectivity index (χ0n) is 8.05.